The van der Waals surface area contributed by atoms with Gasteiger partial charge in [-0.2, -0.15) is 13.2 Å². The number of nitrogens with zero attached hydrogens (tertiary/aromatic N) is 1. The third-order valence-corrected chi connectivity index (χ3v) is 4.85. The molecule has 0 aliphatic heterocycles. The summed E-state index contributed by atoms with van der Waals surface area (Å²) in [7, 11) is 0. The maximum atomic E-state index is 13.2. The lowest BCUT2D eigenvalue weighted by molar-refractivity contribution is -0.137. The van der Waals surface area contributed by atoms with Gasteiger partial charge in [-0.15, -0.1) is 0 Å². The van der Waals surface area contributed by atoms with E-state index in [0.717, 1.165) is 10.6 Å². The predicted octanol–water partition coefficient (Wildman–Crippen LogP) is 3.24. The molecule has 0 bridgehead atoms. The number of carboxylic acids is 1. The summed E-state index contributed by atoms with van der Waals surface area (Å²) in [6, 6.07) is 8.62. The van der Waals surface area contributed by atoms with Crippen molar-refractivity contribution in [1.82, 2.24) is 9.88 Å². The van der Waals surface area contributed by atoms with E-state index in [1.54, 1.807) is 18.2 Å². The highest BCUT2D eigenvalue weighted by molar-refractivity contribution is 6.31. The number of aromatic nitrogens is 1. The molecule has 162 valence electrons. The van der Waals surface area contributed by atoms with Crippen LogP contribution in [0.5, 0.6) is 5.75 Å². The summed E-state index contributed by atoms with van der Waals surface area (Å²) in [4.78, 5) is 36.1. The van der Waals surface area contributed by atoms with Crippen molar-refractivity contribution >= 4 is 34.4 Å². The van der Waals surface area contributed by atoms with E-state index in [0.29, 0.717) is 17.7 Å². The van der Waals surface area contributed by atoms with Crippen LogP contribution in [0.2, 0.25) is 5.02 Å². The van der Waals surface area contributed by atoms with E-state index in [2.05, 4.69) is 0 Å². The van der Waals surface area contributed by atoms with Gasteiger partial charge in [0.2, 0.25) is 0 Å². The number of amides is 1. The van der Waals surface area contributed by atoms with Crippen LogP contribution in [0.15, 0.2) is 47.3 Å². The quantitative estimate of drug-likeness (QED) is 0.548. The highest BCUT2D eigenvalue weighted by Crippen LogP contribution is 2.34. The van der Waals surface area contributed by atoms with Gasteiger partial charge in [0, 0.05) is 10.4 Å². The standard InChI is InChI=1S/C20H14ClF3N2O5/c21-13-4-2-1-3-10(13)9-26-14-7-11(20(22,23)24)5-6-12(14)17(29)16(19(26)31)18(30)25-8-15(27)28/h1-7,29H,8-9H2,(H,25,30)(H,27,28). The number of alkyl halides is 3. The molecule has 0 atom stereocenters. The Morgan fingerprint density at radius 1 is 1.13 bits per heavy atom. The normalized spacial score (nSPS) is 11.5. The second-order valence-electron chi connectivity index (χ2n) is 6.51. The van der Waals surface area contributed by atoms with Crippen LogP contribution in [0.1, 0.15) is 21.5 Å². The zero-order valence-corrected chi connectivity index (χ0v) is 16.3. The van der Waals surface area contributed by atoms with E-state index in [-0.39, 0.29) is 22.5 Å². The number of carboxylic acid groups (broad SMARTS) is 1. The van der Waals surface area contributed by atoms with Gasteiger partial charge in [0.15, 0.2) is 0 Å². The van der Waals surface area contributed by atoms with Crippen molar-refractivity contribution in [3.8, 4) is 5.75 Å². The van der Waals surface area contributed by atoms with Crippen molar-refractivity contribution in [1.29, 1.82) is 0 Å². The van der Waals surface area contributed by atoms with Crippen LogP contribution in [0.3, 0.4) is 0 Å². The number of pyridine rings is 1. The molecular formula is C20H14ClF3N2O5. The zero-order chi connectivity index (χ0) is 22.9. The summed E-state index contributed by atoms with van der Waals surface area (Å²) in [5.74, 6) is -3.42. The Morgan fingerprint density at radius 3 is 2.42 bits per heavy atom. The Balaban J connectivity index is 2.30. The number of halogens is 4. The molecule has 1 amide bonds. The minimum absolute atomic E-state index is 0.194. The number of nitrogens with one attached hydrogen (secondary N) is 1. The number of rotatable bonds is 5. The third kappa shape index (κ3) is 4.48. The summed E-state index contributed by atoms with van der Waals surface area (Å²) in [6.45, 7) is -1.12. The average Bonchev–Trinajstić information content (AvgIpc) is 2.70. The maximum Gasteiger partial charge on any atom is 0.416 e. The smallest absolute Gasteiger partial charge is 0.416 e. The summed E-state index contributed by atoms with van der Waals surface area (Å²) in [6.07, 6.45) is -4.72. The number of aliphatic carboxylic acids is 1. The molecule has 0 spiro atoms. The van der Waals surface area contributed by atoms with Gasteiger partial charge in [0.05, 0.1) is 17.6 Å². The highest BCUT2D eigenvalue weighted by atomic mass is 35.5. The molecule has 1 heterocycles. The Bertz CT molecular complexity index is 1250. The first kappa shape index (κ1) is 22.2. The van der Waals surface area contributed by atoms with E-state index in [4.69, 9.17) is 16.7 Å². The minimum atomic E-state index is -4.72. The zero-order valence-electron chi connectivity index (χ0n) is 15.5. The number of benzene rings is 2. The molecule has 3 aromatic rings. The lowest BCUT2D eigenvalue weighted by atomic mass is 10.1. The molecule has 0 fully saturated rings. The summed E-state index contributed by atoms with van der Waals surface area (Å²) in [5.41, 5.74) is -2.85. The molecular weight excluding hydrogens is 441 g/mol. The monoisotopic (exact) mass is 454 g/mol. The second-order valence-corrected chi connectivity index (χ2v) is 6.92. The van der Waals surface area contributed by atoms with E-state index < -0.39 is 47.0 Å². The number of fused-ring (bicyclic) bond motifs is 1. The maximum absolute atomic E-state index is 13.2. The largest absolute Gasteiger partial charge is 0.506 e. The fraction of sp³-hybridized carbons (Fsp3) is 0.150. The topological polar surface area (TPSA) is 109 Å². The molecule has 7 nitrogen and oxygen atoms in total. The third-order valence-electron chi connectivity index (χ3n) is 4.48. The van der Waals surface area contributed by atoms with Crippen LogP contribution >= 0.6 is 11.6 Å². The van der Waals surface area contributed by atoms with Gasteiger partial charge in [0.1, 0.15) is 17.9 Å². The molecule has 1 aromatic heterocycles. The number of aromatic hydroxyl groups is 1. The van der Waals surface area contributed by atoms with Gasteiger partial charge < -0.3 is 20.1 Å². The minimum Gasteiger partial charge on any atom is -0.506 e. The summed E-state index contributed by atoms with van der Waals surface area (Å²) >= 11 is 6.11. The van der Waals surface area contributed by atoms with Crippen molar-refractivity contribution in [2.24, 2.45) is 0 Å². The lowest BCUT2D eigenvalue weighted by Gasteiger charge is -2.17. The summed E-state index contributed by atoms with van der Waals surface area (Å²) < 4.78 is 40.6. The molecule has 0 aliphatic rings. The van der Waals surface area contributed by atoms with Gasteiger partial charge >= 0.3 is 12.1 Å². The molecule has 2 aromatic carbocycles. The fourth-order valence-electron chi connectivity index (χ4n) is 3.01. The van der Waals surface area contributed by atoms with Crippen LogP contribution in [-0.2, 0) is 17.5 Å². The number of carbonyl (C=O) groups is 2. The first-order chi connectivity index (χ1) is 14.5. The lowest BCUT2D eigenvalue weighted by Crippen LogP contribution is -2.36. The second kappa shape index (κ2) is 8.31. The van der Waals surface area contributed by atoms with E-state index in [1.807, 2.05) is 5.32 Å². The number of carbonyl (C=O) groups excluding carboxylic acids is 1. The Morgan fingerprint density at radius 2 is 1.81 bits per heavy atom. The van der Waals surface area contributed by atoms with Gasteiger partial charge in [0.25, 0.3) is 11.5 Å². The van der Waals surface area contributed by atoms with Crippen molar-refractivity contribution in [3.05, 3.63) is 74.5 Å². The molecule has 11 heteroatoms. The number of hydrogen-bond acceptors (Lipinski definition) is 4. The van der Waals surface area contributed by atoms with Crippen LogP contribution in [-0.4, -0.2) is 33.2 Å². The Hall–Kier alpha value is -3.53. The Labute approximate surface area is 177 Å². The van der Waals surface area contributed by atoms with Crippen molar-refractivity contribution in [2.45, 2.75) is 12.7 Å². The van der Waals surface area contributed by atoms with Crippen LogP contribution < -0.4 is 10.9 Å². The molecule has 3 rings (SSSR count). The van der Waals surface area contributed by atoms with Crippen molar-refractivity contribution in [2.75, 3.05) is 6.54 Å². The van der Waals surface area contributed by atoms with Crippen LogP contribution in [0.4, 0.5) is 13.2 Å². The van der Waals surface area contributed by atoms with Crippen molar-refractivity contribution in [3.63, 3.8) is 0 Å². The van der Waals surface area contributed by atoms with Crippen LogP contribution in [0.25, 0.3) is 10.9 Å². The summed E-state index contributed by atoms with van der Waals surface area (Å²) in [5, 5.41) is 21.2. The van der Waals surface area contributed by atoms with Crippen molar-refractivity contribution < 1.29 is 33.0 Å². The number of hydrogen-bond donors (Lipinski definition) is 3. The Kier molecular flexibility index (Phi) is 5.94. The molecule has 0 radical (unpaired) electrons. The molecule has 0 aliphatic carbocycles. The average molecular weight is 455 g/mol. The van der Waals surface area contributed by atoms with E-state index in [1.165, 1.54) is 6.07 Å². The SMILES string of the molecule is O=C(O)CNC(=O)c1c(O)c2ccc(C(F)(F)F)cc2n(Cc2ccccc2Cl)c1=O. The fourth-order valence-corrected chi connectivity index (χ4v) is 3.21. The van der Waals surface area contributed by atoms with E-state index in [9.17, 15) is 32.7 Å². The van der Waals surface area contributed by atoms with Gasteiger partial charge in [-0.1, -0.05) is 29.8 Å². The first-order valence-electron chi connectivity index (χ1n) is 8.71. The predicted molar refractivity (Wildman–Crippen MR) is 105 cm³/mol. The van der Waals surface area contributed by atoms with Gasteiger partial charge in [-0.25, -0.2) is 0 Å². The highest BCUT2D eigenvalue weighted by Gasteiger charge is 2.32. The van der Waals surface area contributed by atoms with Gasteiger partial charge in [-0.05, 0) is 29.8 Å². The molecule has 0 saturated carbocycles. The molecule has 31 heavy (non-hydrogen) atoms. The molecule has 3 N–H and O–H groups in total. The van der Waals surface area contributed by atoms with E-state index >= 15 is 0 Å². The molecule has 0 unspecified atom stereocenters. The van der Waals surface area contributed by atoms with Crippen LogP contribution in [0, 0.1) is 0 Å². The molecule has 0 saturated heterocycles. The first-order valence-corrected chi connectivity index (χ1v) is 9.08. The van der Waals surface area contributed by atoms with Gasteiger partial charge in [-0.3, -0.25) is 14.4 Å².